The third-order valence-electron chi connectivity index (χ3n) is 3.36. The molecular formula is C16H16N2O2. The Hall–Kier alpha value is -2.38. The number of nitrogens with zero attached hydrogens (tertiary/aromatic N) is 2. The molecule has 1 atom stereocenters. The quantitative estimate of drug-likeness (QED) is 0.905. The SMILES string of the molecule is CN(CCC(=O)O)C(C#N)c1cccc2ccccc12. The summed E-state index contributed by atoms with van der Waals surface area (Å²) in [5.74, 6) is -0.855. The van der Waals surface area contributed by atoms with E-state index in [9.17, 15) is 10.1 Å². The van der Waals surface area contributed by atoms with Crippen molar-refractivity contribution < 1.29 is 9.90 Å². The van der Waals surface area contributed by atoms with Crippen molar-refractivity contribution >= 4 is 16.7 Å². The molecule has 0 aromatic heterocycles. The number of carbonyl (C=O) groups is 1. The fraction of sp³-hybridized carbons (Fsp3) is 0.250. The minimum absolute atomic E-state index is 0.0272. The zero-order valence-electron chi connectivity index (χ0n) is 11.3. The Balaban J connectivity index is 2.35. The van der Waals surface area contributed by atoms with Crippen LogP contribution in [0.5, 0.6) is 0 Å². The zero-order valence-corrected chi connectivity index (χ0v) is 11.3. The van der Waals surface area contributed by atoms with Crippen LogP contribution in [-0.4, -0.2) is 29.6 Å². The third-order valence-corrected chi connectivity index (χ3v) is 3.36. The highest BCUT2D eigenvalue weighted by Crippen LogP contribution is 2.27. The summed E-state index contributed by atoms with van der Waals surface area (Å²) >= 11 is 0. The average molecular weight is 268 g/mol. The van der Waals surface area contributed by atoms with Crippen LogP contribution in [0, 0.1) is 11.3 Å². The Labute approximate surface area is 117 Å². The van der Waals surface area contributed by atoms with Crippen molar-refractivity contribution in [1.82, 2.24) is 4.90 Å². The Morgan fingerprint density at radius 1 is 1.30 bits per heavy atom. The number of rotatable bonds is 5. The Bertz CT molecular complexity index is 656. The number of hydrogen-bond acceptors (Lipinski definition) is 3. The van der Waals surface area contributed by atoms with Crippen LogP contribution in [0.4, 0.5) is 0 Å². The smallest absolute Gasteiger partial charge is 0.304 e. The molecule has 2 rings (SSSR count). The highest BCUT2D eigenvalue weighted by molar-refractivity contribution is 5.86. The monoisotopic (exact) mass is 268 g/mol. The summed E-state index contributed by atoms with van der Waals surface area (Å²) < 4.78 is 0. The lowest BCUT2D eigenvalue weighted by atomic mass is 9.98. The largest absolute Gasteiger partial charge is 0.481 e. The lowest BCUT2D eigenvalue weighted by Gasteiger charge is -2.23. The van der Waals surface area contributed by atoms with E-state index in [2.05, 4.69) is 6.07 Å². The number of hydrogen-bond donors (Lipinski definition) is 1. The molecular weight excluding hydrogens is 252 g/mol. The predicted molar refractivity (Wildman–Crippen MR) is 77.2 cm³/mol. The van der Waals surface area contributed by atoms with Gasteiger partial charge >= 0.3 is 5.97 Å². The van der Waals surface area contributed by atoms with E-state index in [1.165, 1.54) is 0 Å². The standard InChI is InChI=1S/C16H16N2O2/c1-18(10-9-16(19)20)15(11-17)14-8-4-6-12-5-2-3-7-13(12)14/h2-8,15H,9-10H2,1H3,(H,19,20). The van der Waals surface area contributed by atoms with Gasteiger partial charge in [0.25, 0.3) is 0 Å². The minimum atomic E-state index is -0.855. The highest BCUT2D eigenvalue weighted by Gasteiger charge is 2.19. The number of aliphatic carboxylic acids is 1. The Morgan fingerprint density at radius 3 is 2.70 bits per heavy atom. The van der Waals surface area contributed by atoms with Crippen molar-refractivity contribution in [3.63, 3.8) is 0 Å². The van der Waals surface area contributed by atoms with Gasteiger partial charge in [-0.05, 0) is 23.4 Å². The Kier molecular flexibility index (Phi) is 4.34. The van der Waals surface area contributed by atoms with Gasteiger partial charge in [0.15, 0.2) is 0 Å². The highest BCUT2D eigenvalue weighted by atomic mass is 16.4. The van der Waals surface area contributed by atoms with E-state index < -0.39 is 12.0 Å². The van der Waals surface area contributed by atoms with Crippen LogP contribution in [-0.2, 0) is 4.79 Å². The van der Waals surface area contributed by atoms with Gasteiger partial charge in [0, 0.05) is 6.54 Å². The van der Waals surface area contributed by atoms with Crippen molar-refractivity contribution in [1.29, 1.82) is 5.26 Å². The van der Waals surface area contributed by atoms with Crippen LogP contribution in [0.2, 0.25) is 0 Å². The molecule has 0 aliphatic carbocycles. The summed E-state index contributed by atoms with van der Waals surface area (Å²) in [4.78, 5) is 12.4. The Morgan fingerprint density at radius 2 is 2.00 bits per heavy atom. The molecule has 1 unspecified atom stereocenters. The minimum Gasteiger partial charge on any atom is -0.481 e. The van der Waals surface area contributed by atoms with E-state index in [1.807, 2.05) is 42.5 Å². The number of carboxylic acid groups (broad SMARTS) is 1. The lowest BCUT2D eigenvalue weighted by Crippen LogP contribution is -2.26. The van der Waals surface area contributed by atoms with Gasteiger partial charge in [-0.3, -0.25) is 9.69 Å². The van der Waals surface area contributed by atoms with E-state index in [-0.39, 0.29) is 6.42 Å². The van der Waals surface area contributed by atoms with Gasteiger partial charge in [0.1, 0.15) is 6.04 Å². The van der Waals surface area contributed by atoms with E-state index in [1.54, 1.807) is 11.9 Å². The molecule has 2 aromatic rings. The number of benzene rings is 2. The number of nitriles is 1. The summed E-state index contributed by atoms with van der Waals surface area (Å²) in [6, 6.07) is 15.6. The topological polar surface area (TPSA) is 64.3 Å². The maximum atomic E-state index is 10.7. The van der Waals surface area contributed by atoms with Gasteiger partial charge in [-0.2, -0.15) is 5.26 Å². The molecule has 20 heavy (non-hydrogen) atoms. The van der Waals surface area contributed by atoms with E-state index in [0.29, 0.717) is 6.54 Å². The molecule has 4 heteroatoms. The van der Waals surface area contributed by atoms with Gasteiger partial charge in [0.2, 0.25) is 0 Å². The van der Waals surface area contributed by atoms with Gasteiger partial charge in [-0.1, -0.05) is 42.5 Å². The van der Waals surface area contributed by atoms with Crippen molar-refractivity contribution in [2.45, 2.75) is 12.5 Å². The molecule has 2 aromatic carbocycles. The van der Waals surface area contributed by atoms with Crippen LogP contribution < -0.4 is 0 Å². The van der Waals surface area contributed by atoms with Crippen molar-refractivity contribution in [3.8, 4) is 6.07 Å². The van der Waals surface area contributed by atoms with Crippen LogP contribution in [0.15, 0.2) is 42.5 Å². The maximum absolute atomic E-state index is 10.7. The predicted octanol–water partition coefficient (Wildman–Crippen LogP) is 2.81. The van der Waals surface area contributed by atoms with Gasteiger partial charge in [-0.25, -0.2) is 0 Å². The van der Waals surface area contributed by atoms with E-state index in [4.69, 9.17) is 5.11 Å². The first-order valence-corrected chi connectivity index (χ1v) is 6.43. The van der Waals surface area contributed by atoms with Crippen LogP contribution in [0.25, 0.3) is 10.8 Å². The first kappa shape index (κ1) is 14.0. The maximum Gasteiger partial charge on any atom is 0.304 e. The summed E-state index contributed by atoms with van der Waals surface area (Å²) in [5, 5.41) is 20.3. The summed E-state index contributed by atoms with van der Waals surface area (Å²) in [6.45, 7) is 0.344. The molecule has 102 valence electrons. The molecule has 0 radical (unpaired) electrons. The molecule has 0 heterocycles. The van der Waals surface area contributed by atoms with Gasteiger partial charge < -0.3 is 5.11 Å². The second-order valence-corrected chi connectivity index (χ2v) is 4.72. The molecule has 0 saturated carbocycles. The van der Waals surface area contributed by atoms with Crippen LogP contribution in [0.3, 0.4) is 0 Å². The molecule has 0 aliphatic heterocycles. The molecule has 0 spiro atoms. The first-order chi connectivity index (χ1) is 9.63. The van der Waals surface area contributed by atoms with Crippen molar-refractivity contribution in [3.05, 3.63) is 48.0 Å². The second kappa shape index (κ2) is 6.18. The van der Waals surface area contributed by atoms with E-state index in [0.717, 1.165) is 16.3 Å². The van der Waals surface area contributed by atoms with Crippen molar-refractivity contribution in [2.24, 2.45) is 0 Å². The zero-order chi connectivity index (χ0) is 14.5. The second-order valence-electron chi connectivity index (χ2n) is 4.72. The van der Waals surface area contributed by atoms with Crippen LogP contribution >= 0.6 is 0 Å². The van der Waals surface area contributed by atoms with Crippen molar-refractivity contribution in [2.75, 3.05) is 13.6 Å². The summed E-state index contributed by atoms with van der Waals surface area (Å²) in [7, 11) is 1.78. The summed E-state index contributed by atoms with van der Waals surface area (Å²) in [5.41, 5.74) is 0.915. The first-order valence-electron chi connectivity index (χ1n) is 6.43. The fourth-order valence-electron chi connectivity index (χ4n) is 2.30. The molecule has 0 fully saturated rings. The molecule has 0 amide bonds. The number of fused-ring (bicyclic) bond motifs is 1. The van der Waals surface area contributed by atoms with Gasteiger partial charge in [0.05, 0.1) is 12.5 Å². The van der Waals surface area contributed by atoms with E-state index >= 15 is 0 Å². The molecule has 0 aliphatic rings. The van der Waals surface area contributed by atoms with Crippen LogP contribution in [0.1, 0.15) is 18.0 Å². The van der Waals surface area contributed by atoms with Gasteiger partial charge in [-0.15, -0.1) is 0 Å². The molecule has 0 saturated heterocycles. The average Bonchev–Trinajstić information content (AvgIpc) is 2.46. The lowest BCUT2D eigenvalue weighted by molar-refractivity contribution is -0.137. The molecule has 4 nitrogen and oxygen atoms in total. The third kappa shape index (κ3) is 2.95. The normalized spacial score (nSPS) is 12.2. The fourth-order valence-corrected chi connectivity index (χ4v) is 2.30. The summed E-state index contributed by atoms with van der Waals surface area (Å²) in [6.07, 6.45) is 0.0272. The molecule has 0 bridgehead atoms. The molecule has 1 N–H and O–H groups in total. The number of carboxylic acids is 1.